The molecule has 0 radical (unpaired) electrons. The molecule has 0 aliphatic heterocycles. The maximum Gasteiger partial charge on any atom is 0.274 e. The van der Waals surface area contributed by atoms with E-state index in [1.54, 1.807) is 38.1 Å². The lowest BCUT2D eigenvalue weighted by atomic mass is 10.1. The zero-order valence-electron chi connectivity index (χ0n) is 16.3. The van der Waals surface area contributed by atoms with Crippen molar-refractivity contribution in [2.75, 3.05) is 22.4 Å². The lowest BCUT2D eigenvalue weighted by molar-refractivity contribution is -0.385. The van der Waals surface area contributed by atoms with Crippen LogP contribution in [0.5, 0.6) is 0 Å². The van der Waals surface area contributed by atoms with Gasteiger partial charge < -0.3 is 5.32 Å². The molecule has 0 atom stereocenters. The molecular formula is C19H22ClN3O5S. The third kappa shape index (κ3) is 5.68. The summed E-state index contributed by atoms with van der Waals surface area (Å²) in [4.78, 5) is 22.8. The number of halogens is 1. The quantitative estimate of drug-likeness (QED) is 0.492. The Bertz CT molecular complexity index is 1040. The molecule has 0 aromatic heterocycles. The van der Waals surface area contributed by atoms with E-state index >= 15 is 0 Å². The third-order valence-electron chi connectivity index (χ3n) is 4.45. The molecule has 0 heterocycles. The van der Waals surface area contributed by atoms with Crippen LogP contribution in [0, 0.1) is 24.0 Å². The van der Waals surface area contributed by atoms with E-state index in [4.69, 9.17) is 11.6 Å². The van der Waals surface area contributed by atoms with Crippen LogP contribution in [0.15, 0.2) is 36.4 Å². The highest BCUT2D eigenvalue weighted by Gasteiger charge is 2.20. The van der Waals surface area contributed by atoms with Crippen LogP contribution in [0.4, 0.5) is 17.1 Å². The summed E-state index contributed by atoms with van der Waals surface area (Å²) < 4.78 is 25.7. The Kier molecular flexibility index (Phi) is 7.21. The lowest BCUT2D eigenvalue weighted by Crippen LogP contribution is -2.32. The molecule has 2 aromatic carbocycles. The first-order valence-electron chi connectivity index (χ1n) is 8.79. The normalized spacial score (nSPS) is 11.2. The summed E-state index contributed by atoms with van der Waals surface area (Å²) in [7, 11) is -3.57. The lowest BCUT2D eigenvalue weighted by Gasteiger charge is -2.24. The molecular weight excluding hydrogens is 418 g/mol. The molecule has 0 saturated carbocycles. The van der Waals surface area contributed by atoms with Crippen molar-refractivity contribution in [3.05, 3.63) is 62.7 Å². The van der Waals surface area contributed by atoms with Gasteiger partial charge in [-0.05, 0) is 44.0 Å². The first-order valence-corrected chi connectivity index (χ1v) is 11.0. The molecule has 156 valence electrons. The minimum Gasteiger partial charge on any atom is -0.326 e. The highest BCUT2D eigenvalue weighted by molar-refractivity contribution is 7.92. The minimum absolute atomic E-state index is 0.0494. The Hall–Kier alpha value is -2.65. The van der Waals surface area contributed by atoms with Crippen molar-refractivity contribution in [3.8, 4) is 0 Å². The Labute approximate surface area is 174 Å². The number of carbonyl (C=O) groups is 1. The van der Waals surface area contributed by atoms with Crippen molar-refractivity contribution >= 4 is 44.6 Å². The average molecular weight is 440 g/mol. The molecule has 2 rings (SSSR count). The van der Waals surface area contributed by atoms with Gasteiger partial charge >= 0.3 is 0 Å². The zero-order chi connectivity index (χ0) is 21.8. The second-order valence-electron chi connectivity index (χ2n) is 6.58. The predicted octanol–water partition coefficient (Wildman–Crippen LogP) is 4.05. The number of carbonyl (C=O) groups excluding carboxylic acids is 1. The third-order valence-corrected chi connectivity index (χ3v) is 6.04. The number of nitro groups is 1. The molecule has 0 spiro atoms. The Morgan fingerprint density at radius 3 is 2.45 bits per heavy atom. The van der Waals surface area contributed by atoms with Gasteiger partial charge in [-0.25, -0.2) is 8.42 Å². The molecule has 0 aliphatic rings. The van der Waals surface area contributed by atoms with Crippen molar-refractivity contribution in [1.82, 2.24) is 0 Å². The summed E-state index contributed by atoms with van der Waals surface area (Å²) >= 11 is 6.10. The van der Waals surface area contributed by atoms with Gasteiger partial charge in [0.05, 0.1) is 28.1 Å². The molecule has 0 fully saturated rings. The van der Waals surface area contributed by atoms with Gasteiger partial charge in [-0.15, -0.1) is 0 Å². The van der Waals surface area contributed by atoms with Crippen LogP contribution in [-0.4, -0.2) is 32.0 Å². The second-order valence-corrected chi connectivity index (χ2v) is 8.89. The average Bonchev–Trinajstić information content (AvgIpc) is 2.62. The molecule has 2 aromatic rings. The van der Waals surface area contributed by atoms with Crippen molar-refractivity contribution in [2.24, 2.45) is 0 Å². The van der Waals surface area contributed by atoms with Gasteiger partial charge in [-0.3, -0.25) is 19.2 Å². The topological polar surface area (TPSA) is 110 Å². The molecule has 0 aliphatic carbocycles. The summed E-state index contributed by atoms with van der Waals surface area (Å²) in [6.45, 7) is 3.38. The van der Waals surface area contributed by atoms with Gasteiger partial charge in [0.1, 0.15) is 0 Å². The highest BCUT2D eigenvalue weighted by atomic mass is 35.5. The molecule has 0 unspecified atom stereocenters. The monoisotopic (exact) mass is 439 g/mol. The number of hydrogen-bond acceptors (Lipinski definition) is 5. The van der Waals surface area contributed by atoms with E-state index in [-0.39, 0.29) is 31.0 Å². The van der Waals surface area contributed by atoms with E-state index in [1.807, 2.05) is 0 Å². The SMILES string of the molecule is Cc1c(Cl)cccc1N(CCCC(=O)Nc1cccc([N+](=O)[O-])c1C)S(C)(=O)=O. The standard InChI is InChI=1S/C19H22ClN3O5S/c1-13-15(20)7-4-9-17(13)22(29(3,27)28)12-6-11-19(24)21-16-8-5-10-18(14(16)2)23(25)26/h4-5,7-10H,6,11-12H2,1-3H3,(H,21,24). The maximum atomic E-state index is 12.3. The Morgan fingerprint density at radius 1 is 1.17 bits per heavy atom. The van der Waals surface area contributed by atoms with Crippen molar-refractivity contribution in [1.29, 1.82) is 0 Å². The molecule has 1 amide bonds. The van der Waals surface area contributed by atoms with E-state index in [9.17, 15) is 23.3 Å². The number of nitrogens with one attached hydrogen (secondary N) is 1. The van der Waals surface area contributed by atoms with E-state index in [1.165, 1.54) is 16.4 Å². The number of nitro benzene ring substituents is 1. The Morgan fingerprint density at radius 2 is 1.83 bits per heavy atom. The van der Waals surface area contributed by atoms with Gasteiger partial charge in [-0.2, -0.15) is 0 Å². The van der Waals surface area contributed by atoms with Crippen molar-refractivity contribution in [2.45, 2.75) is 26.7 Å². The van der Waals surface area contributed by atoms with Crippen LogP contribution < -0.4 is 9.62 Å². The second kappa shape index (κ2) is 9.23. The van der Waals surface area contributed by atoms with E-state index in [0.717, 1.165) is 6.26 Å². The number of anilines is 2. The smallest absolute Gasteiger partial charge is 0.274 e. The summed E-state index contributed by atoms with van der Waals surface area (Å²) in [6.07, 6.45) is 1.41. The first-order chi connectivity index (χ1) is 13.5. The van der Waals surface area contributed by atoms with Gasteiger partial charge in [0, 0.05) is 24.1 Å². The highest BCUT2D eigenvalue weighted by Crippen LogP contribution is 2.29. The zero-order valence-corrected chi connectivity index (χ0v) is 17.9. The summed E-state index contributed by atoms with van der Waals surface area (Å²) in [5.41, 5.74) is 1.74. The number of benzene rings is 2. The fraction of sp³-hybridized carbons (Fsp3) is 0.316. The molecule has 1 N–H and O–H groups in total. The van der Waals surface area contributed by atoms with Crippen molar-refractivity contribution in [3.63, 3.8) is 0 Å². The fourth-order valence-electron chi connectivity index (χ4n) is 2.88. The number of rotatable bonds is 8. The summed E-state index contributed by atoms with van der Waals surface area (Å²) in [6, 6.07) is 9.44. The first kappa shape index (κ1) is 22.6. The molecule has 8 nitrogen and oxygen atoms in total. The molecule has 0 saturated heterocycles. The summed E-state index contributed by atoms with van der Waals surface area (Å²) in [5, 5.41) is 14.1. The number of hydrogen-bond donors (Lipinski definition) is 1. The molecule has 0 bridgehead atoms. The van der Waals surface area contributed by atoms with Gasteiger partial charge in [0.25, 0.3) is 5.69 Å². The van der Waals surface area contributed by atoms with Crippen molar-refractivity contribution < 1.29 is 18.1 Å². The maximum absolute atomic E-state index is 12.3. The van der Waals surface area contributed by atoms with Gasteiger partial charge in [-0.1, -0.05) is 23.7 Å². The number of sulfonamides is 1. The predicted molar refractivity (Wildman–Crippen MR) is 114 cm³/mol. The van der Waals surface area contributed by atoms with Crippen LogP contribution in [0.2, 0.25) is 5.02 Å². The van der Waals surface area contributed by atoms with Gasteiger partial charge in [0.2, 0.25) is 15.9 Å². The fourth-order valence-corrected chi connectivity index (χ4v) is 4.07. The van der Waals surface area contributed by atoms with Crippen LogP contribution in [-0.2, 0) is 14.8 Å². The van der Waals surface area contributed by atoms with Crippen LogP contribution in [0.25, 0.3) is 0 Å². The number of amides is 1. The van der Waals surface area contributed by atoms with Gasteiger partial charge in [0.15, 0.2) is 0 Å². The van der Waals surface area contributed by atoms with E-state index in [0.29, 0.717) is 27.5 Å². The van der Waals surface area contributed by atoms with E-state index < -0.39 is 14.9 Å². The largest absolute Gasteiger partial charge is 0.326 e. The van der Waals surface area contributed by atoms with Crippen LogP contribution >= 0.6 is 11.6 Å². The summed E-state index contributed by atoms with van der Waals surface area (Å²) in [5.74, 6) is -0.357. The molecule has 10 heteroatoms. The minimum atomic E-state index is -3.57. The number of nitrogens with zero attached hydrogens (tertiary/aromatic N) is 2. The van der Waals surface area contributed by atoms with Crippen LogP contribution in [0.1, 0.15) is 24.0 Å². The van der Waals surface area contributed by atoms with Crippen LogP contribution in [0.3, 0.4) is 0 Å². The molecule has 29 heavy (non-hydrogen) atoms. The Balaban J connectivity index is 2.07. The van der Waals surface area contributed by atoms with E-state index in [2.05, 4.69) is 5.32 Å².